The Hall–Kier alpha value is -1.37. The highest BCUT2D eigenvalue weighted by Crippen LogP contribution is 2.44. The number of nitrogens with one attached hydrogen (secondary N) is 1. The zero-order valence-electron chi connectivity index (χ0n) is 29.5. The van der Waals surface area contributed by atoms with Crippen LogP contribution in [0.15, 0.2) is 6.07 Å². The normalized spacial score (nSPS) is 25.8. The Morgan fingerprint density at radius 3 is 2.24 bits per heavy atom. The van der Waals surface area contributed by atoms with Crippen LogP contribution in [0.4, 0.5) is 17.6 Å². The molecule has 1 spiro atoms. The van der Waals surface area contributed by atoms with Crippen LogP contribution in [0, 0.1) is 17.8 Å². The van der Waals surface area contributed by atoms with Crippen molar-refractivity contribution in [2.24, 2.45) is 17.8 Å². The van der Waals surface area contributed by atoms with Crippen molar-refractivity contribution < 1.29 is 9.09 Å². The SMILES string of the molecule is CCOP(C)(=O)CCN1CCN(c2cc(N)nc(NCC3CCC(CCCCCCC4CCCCC4)CC3)n2)CC12CCCCC2. The summed E-state index contributed by atoms with van der Waals surface area (Å²) in [5, 5.41) is 3.59. The van der Waals surface area contributed by atoms with E-state index in [1.807, 2.05) is 13.0 Å². The summed E-state index contributed by atoms with van der Waals surface area (Å²) in [6.07, 6.45) is 28.3. The lowest BCUT2D eigenvalue weighted by Gasteiger charge is -2.53. The number of aromatic nitrogens is 2. The van der Waals surface area contributed by atoms with E-state index in [-0.39, 0.29) is 5.54 Å². The van der Waals surface area contributed by atoms with Crippen LogP contribution in [0.2, 0.25) is 0 Å². The summed E-state index contributed by atoms with van der Waals surface area (Å²) in [5.74, 6) is 4.83. The van der Waals surface area contributed by atoms with Gasteiger partial charge in [0.05, 0.1) is 6.61 Å². The number of hydrogen-bond acceptors (Lipinski definition) is 8. The quantitative estimate of drug-likeness (QED) is 0.134. The number of hydrogen-bond donors (Lipinski definition) is 2. The van der Waals surface area contributed by atoms with Gasteiger partial charge in [-0.25, -0.2) is 0 Å². The van der Waals surface area contributed by atoms with Crippen LogP contribution in [0.1, 0.15) is 135 Å². The van der Waals surface area contributed by atoms with Crippen LogP contribution in [-0.4, -0.2) is 72.6 Å². The van der Waals surface area contributed by atoms with Gasteiger partial charge in [0, 0.05) is 57.2 Å². The number of nitrogens with two attached hydrogens (primary N) is 1. The number of nitrogens with zero attached hydrogens (tertiary/aromatic N) is 4. The summed E-state index contributed by atoms with van der Waals surface area (Å²) in [6, 6.07) is 1.95. The minimum Gasteiger partial charge on any atom is -0.383 e. The molecule has 3 saturated carbocycles. The molecule has 3 N–H and O–H groups in total. The number of nitrogen functional groups attached to an aromatic ring is 1. The lowest BCUT2D eigenvalue weighted by molar-refractivity contribution is 0.0436. The zero-order valence-corrected chi connectivity index (χ0v) is 30.4. The lowest BCUT2D eigenvalue weighted by Crippen LogP contribution is -2.63. The highest BCUT2D eigenvalue weighted by Gasteiger charge is 2.43. The van der Waals surface area contributed by atoms with Crippen LogP contribution in [0.3, 0.4) is 0 Å². The first-order valence-electron chi connectivity index (χ1n) is 19.4. The van der Waals surface area contributed by atoms with Gasteiger partial charge in [-0.3, -0.25) is 9.46 Å². The highest BCUT2D eigenvalue weighted by atomic mass is 31.2. The summed E-state index contributed by atoms with van der Waals surface area (Å²) in [5.41, 5.74) is 6.46. The van der Waals surface area contributed by atoms with Crippen molar-refractivity contribution in [1.82, 2.24) is 14.9 Å². The summed E-state index contributed by atoms with van der Waals surface area (Å²) in [6.45, 7) is 8.79. The maximum Gasteiger partial charge on any atom is 0.226 e. The third kappa shape index (κ3) is 10.8. The van der Waals surface area contributed by atoms with Gasteiger partial charge in [-0.05, 0) is 50.4 Å². The molecular formula is C37H67N6O2P. The maximum absolute atomic E-state index is 12.9. The Morgan fingerprint density at radius 1 is 0.891 bits per heavy atom. The van der Waals surface area contributed by atoms with E-state index < -0.39 is 7.37 Å². The van der Waals surface area contributed by atoms with Gasteiger partial charge in [0.1, 0.15) is 11.6 Å². The molecule has 0 bridgehead atoms. The number of anilines is 3. The van der Waals surface area contributed by atoms with Crippen LogP contribution < -0.4 is 16.0 Å². The van der Waals surface area contributed by atoms with Gasteiger partial charge in [-0.2, -0.15) is 9.97 Å². The van der Waals surface area contributed by atoms with Gasteiger partial charge < -0.3 is 20.5 Å². The maximum atomic E-state index is 12.9. The first-order valence-corrected chi connectivity index (χ1v) is 21.7. The molecule has 5 rings (SSSR count). The fraction of sp³-hybridized carbons (Fsp3) is 0.892. The summed E-state index contributed by atoms with van der Waals surface area (Å²) >= 11 is 0. The molecule has 0 aromatic carbocycles. The monoisotopic (exact) mass is 659 g/mol. The summed E-state index contributed by atoms with van der Waals surface area (Å²) < 4.78 is 18.5. The van der Waals surface area contributed by atoms with E-state index in [0.29, 0.717) is 30.5 Å². The number of unbranched alkanes of at least 4 members (excludes halogenated alkanes) is 3. The molecule has 1 aliphatic heterocycles. The average Bonchev–Trinajstić information content (AvgIpc) is 3.06. The highest BCUT2D eigenvalue weighted by molar-refractivity contribution is 7.58. The third-order valence-electron chi connectivity index (χ3n) is 12.0. The molecule has 2 heterocycles. The molecule has 1 atom stereocenters. The fourth-order valence-corrected chi connectivity index (χ4v) is 10.5. The van der Waals surface area contributed by atoms with Gasteiger partial charge in [0.2, 0.25) is 13.3 Å². The second-order valence-electron chi connectivity index (χ2n) is 15.6. The lowest BCUT2D eigenvalue weighted by atomic mass is 9.78. The van der Waals surface area contributed by atoms with Crippen molar-refractivity contribution in [2.75, 3.05) is 68.1 Å². The standard InChI is InChI=1S/C37H67N6O2P/c1-3-45-46(2,44)27-26-43-25-24-42(30-37(43)22-12-7-13-23-37)35-28-34(38)40-36(41-35)39-29-33-20-18-32(19-21-33)17-9-5-4-8-14-31-15-10-6-11-16-31/h28,31-33H,3-27,29-30H2,1-2H3,(H3,38,39,40,41). The van der Waals surface area contributed by atoms with E-state index in [4.69, 9.17) is 15.2 Å². The second-order valence-corrected chi connectivity index (χ2v) is 18.3. The molecular weight excluding hydrogens is 591 g/mol. The second kappa shape index (κ2) is 17.9. The van der Waals surface area contributed by atoms with Crippen LogP contribution in [0.25, 0.3) is 0 Å². The third-order valence-corrected chi connectivity index (χ3v) is 13.8. The molecule has 1 aromatic heterocycles. The minimum atomic E-state index is -2.55. The first kappa shape index (κ1) is 35.9. The number of rotatable bonds is 16. The first-order chi connectivity index (χ1) is 22.3. The Morgan fingerprint density at radius 2 is 1.54 bits per heavy atom. The van der Waals surface area contributed by atoms with Gasteiger partial charge in [0.15, 0.2) is 0 Å². The smallest absolute Gasteiger partial charge is 0.226 e. The molecule has 1 aromatic rings. The summed E-state index contributed by atoms with van der Waals surface area (Å²) in [7, 11) is -2.55. The van der Waals surface area contributed by atoms with Crippen LogP contribution in [-0.2, 0) is 9.09 Å². The Balaban J connectivity index is 1.05. The van der Waals surface area contributed by atoms with E-state index in [2.05, 4.69) is 20.1 Å². The predicted molar refractivity (Wildman–Crippen MR) is 194 cm³/mol. The van der Waals surface area contributed by atoms with Crippen molar-refractivity contribution in [3.8, 4) is 0 Å². The molecule has 3 aliphatic carbocycles. The topological polar surface area (TPSA) is 96.6 Å². The molecule has 1 unspecified atom stereocenters. The van der Waals surface area contributed by atoms with Gasteiger partial charge in [-0.15, -0.1) is 0 Å². The molecule has 8 nitrogen and oxygen atoms in total. The van der Waals surface area contributed by atoms with E-state index in [9.17, 15) is 4.57 Å². The molecule has 4 aliphatic rings. The minimum absolute atomic E-state index is 0.101. The fourth-order valence-electron chi connectivity index (χ4n) is 9.23. The van der Waals surface area contributed by atoms with Gasteiger partial charge in [0.25, 0.3) is 0 Å². The Labute approximate surface area is 281 Å². The van der Waals surface area contributed by atoms with Crippen molar-refractivity contribution in [3.05, 3.63) is 6.07 Å². The van der Waals surface area contributed by atoms with Gasteiger partial charge in [-0.1, -0.05) is 103 Å². The molecule has 1 saturated heterocycles. The summed E-state index contributed by atoms with van der Waals surface area (Å²) in [4.78, 5) is 14.6. The van der Waals surface area contributed by atoms with Gasteiger partial charge >= 0.3 is 0 Å². The largest absolute Gasteiger partial charge is 0.383 e. The average molecular weight is 659 g/mol. The van der Waals surface area contributed by atoms with E-state index in [0.717, 1.165) is 50.4 Å². The Kier molecular flexibility index (Phi) is 13.9. The molecule has 46 heavy (non-hydrogen) atoms. The molecule has 9 heteroatoms. The van der Waals surface area contributed by atoms with Crippen LogP contribution in [0.5, 0.6) is 0 Å². The molecule has 0 amide bonds. The van der Waals surface area contributed by atoms with E-state index in [1.165, 1.54) is 128 Å². The van der Waals surface area contributed by atoms with E-state index in [1.54, 1.807) is 6.66 Å². The zero-order chi connectivity index (χ0) is 32.2. The van der Waals surface area contributed by atoms with Crippen molar-refractivity contribution >= 4 is 25.0 Å². The van der Waals surface area contributed by atoms with Crippen molar-refractivity contribution in [1.29, 1.82) is 0 Å². The van der Waals surface area contributed by atoms with Crippen LogP contribution >= 0.6 is 7.37 Å². The van der Waals surface area contributed by atoms with Crippen molar-refractivity contribution in [3.63, 3.8) is 0 Å². The molecule has 262 valence electrons. The number of piperazine rings is 1. The molecule has 4 fully saturated rings. The molecule has 0 radical (unpaired) electrons. The Bertz CT molecular complexity index is 1080. The predicted octanol–water partition coefficient (Wildman–Crippen LogP) is 8.97. The van der Waals surface area contributed by atoms with E-state index >= 15 is 0 Å². The van der Waals surface area contributed by atoms with Crippen molar-refractivity contribution in [2.45, 2.75) is 141 Å².